The van der Waals surface area contributed by atoms with Gasteiger partial charge in [-0.05, 0) is 43.5 Å². The van der Waals surface area contributed by atoms with Gasteiger partial charge in [-0.2, -0.15) is 0 Å². The van der Waals surface area contributed by atoms with Crippen LogP contribution in [0.2, 0.25) is 0 Å². The number of rotatable bonds is 4. The normalized spacial score (nSPS) is 11.8. The molecule has 0 saturated carbocycles. The van der Waals surface area contributed by atoms with Crippen LogP contribution in [0.25, 0.3) is 0 Å². The zero-order valence-electron chi connectivity index (χ0n) is 9.74. The predicted molar refractivity (Wildman–Crippen MR) is 62.9 cm³/mol. The fourth-order valence-corrected chi connectivity index (χ4v) is 2.81. The summed E-state index contributed by atoms with van der Waals surface area (Å²) in [6.45, 7) is 5.41. The average Bonchev–Trinajstić information content (AvgIpc) is 2.20. The highest BCUT2D eigenvalue weighted by Gasteiger charge is 2.16. The maximum absolute atomic E-state index is 11.9. The first kappa shape index (κ1) is 13.2. The Bertz CT molecular complexity index is 480. The van der Waals surface area contributed by atoms with Crippen molar-refractivity contribution in [1.82, 2.24) is 4.72 Å². The molecule has 90 valence electrons. The minimum absolute atomic E-state index is 0.0364. The van der Waals surface area contributed by atoms with Crippen molar-refractivity contribution in [2.45, 2.75) is 25.7 Å². The molecule has 1 aromatic rings. The molecule has 0 bridgehead atoms. The van der Waals surface area contributed by atoms with Gasteiger partial charge in [-0.25, -0.2) is 13.1 Å². The number of nitrogens with one attached hydrogen (secondary N) is 1. The second-order valence-corrected chi connectivity index (χ2v) is 5.56. The molecule has 0 radical (unpaired) electrons. The van der Waals surface area contributed by atoms with Crippen LogP contribution in [0.15, 0.2) is 17.0 Å². The molecule has 5 heteroatoms. The van der Waals surface area contributed by atoms with Crippen molar-refractivity contribution < 1.29 is 13.5 Å². The summed E-state index contributed by atoms with van der Waals surface area (Å²) in [5.74, 6) is 0. The van der Waals surface area contributed by atoms with E-state index in [0.29, 0.717) is 5.56 Å². The fourth-order valence-electron chi connectivity index (χ4n) is 1.48. The molecule has 0 saturated heterocycles. The third-order valence-corrected chi connectivity index (χ3v) is 4.09. The molecule has 0 amide bonds. The summed E-state index contributed by atoms with van der Waals surface area (Å²) in [5, 5.41) is 8.62. The smallest absolute Gasteiger partial charge is 0.240 e. The molecule has 0 aliphatic carbocycles. The third-order valence-electron chi connectivity index (χ3n) is 2.48. The lowest BCUT2D eigenvalue weighted by Crippen LogP contribution is -2.27. The van der Waals surface area contributed by atoms with E-state index in [1.54, 1.807) is 13.0 Å². The van der Waals surface area contributed by atoms with Crippen molar-refractivity contribution in [3.05, 3.63) is 28.8 Å². The van der Waals surface area contributed by atoms with Gasteiger partial charge in [-0.15, -0.1) is 0 Å². The van der Waals surface area contributed by atoms with E-state index >= 15 is 0 Å². The molecule has 2 N–H and O–H groups in total. The number of aliphatic hydroxyl groups is 1. The summed E-state index contributed by atoms with van der Waals surface area (Å²) in [6.07, 6.45) is 0. The predicted octanol–water partition coefficient (Wildman–Crippen LogP) is 0.882. The van der Waals surface area contributed by atoms with Crippen molar-refractivity contribution in [3.8, 4) is 0 Å². The number of hydrogen-bond donors (Lipinski definition) is 2. The standard InChI is InChI=1S/C11H17NO3S/c1-8-6-10(3)11(7-9(8)2)16(14,15)12-4-5-13/h6-7,12-13H,4-5H2,1-3H3. The van der Waals surface area contributed by atoms with E-state index in [0.717, 1.165) is 11.1 Å². The van der Waals surface area contributed by atoms with E-state index in [1.807, 2.05) is 19.9 Å². The highest BCUT2D eigenvalue weighted by Crippen LogP contribution is 2.19. The zero-order valence-corrected chi connectivity index (χ0v) is 10.6. The lowest BCUT2D eigenvalue weighted by molar-refractivity contribution is 0.301. The van der Waals surface area contributed by atoms with Crippen molar-refractivity contribution in [2.24, 2.45) is 0 Å². The Kier molecular flexibility index (Phi) is 4.07. The molecule has 0 aliphatic rings. The summed E-state index contributed by atoms with van der Waals surface area (Å²) in [5.41, 5.74) is 2.72. The van der Waals surface area contributed by atoms with E-state index in [-0.39, 0.29) is 18.0 Å². The molecule has 0 unspecified atom stereocenters. The first-order valence-corrected chi connectivity index (χ1v) is 6.55. The summed E-state index contributed by atoms with van der Waals surface area (Å²) >= 11 is 0. The third kappa shape index (κ3) is 2.81. The van der Waals surface area contributed by atoms with E-state index in [4.69, 9.17) is 5.11 Å². The van der Waals surface area contributed by atoms with Gasteiger partial charge in [0.1, 0.15) is 0 Å². The van der Waals surface area contributed by atoms with Crippen molar-refractivity contribution in [1.29, 1.82) is 0 Å². The van der Waals surface area contributed by atoms with Crippen LogP contribution in [0.4, 0.5) is 0 Å². The SMILES string of the molecule is Cc1cc(C)c(S(=O)(=O)NCCO)cc1C. The van der Waals surface area contributed by atoms with Crippen LogP contribution in [0.1, 0.15) is 16.7 Å². The van der Waals surface area contributed by atoms with Gasteiger partial charge in [0, 0.05) is 6.54 Å². The number of benzene rings is 1. The van der Waals surface area contributed by atoms with Crippen LogP contribution in [0, 0.1) is 20.8 Å². The minimum atomic E-state index is -3.50. The maximum Gasteiger partial charge on any atom is 0.240 e. The van der Waals surface area contributed by atoms with Crippen LogP contribution >= 0.6 is 0 Å². The molecular formula is C11H17NO3S. The molecule has 0 aromatic heterocycles. The van der Waals surface area contributed by atoms with Crippen molar-refractivity contribution in [2.75, 3.05) is 13.2 Å². The van der Waals surface area contributed by atoms with Gasteiger partial charge in [0.25, 0.3) is 0 Å². The maximum atomic E-state index is 11.9. The zero-order chi connectivity index (χ0) is 12.3. The Morgan fingerprint density at radius 2 is 1.69 bits per heavy atom. The number of hydrogen-bond acceptors (Lipinski definition) is 3. The Hall–Kier alpha value is -0.910. The number of aliphatic hydroxyl groups excluding tert-OH is 1. The average molecular weight is 243 g/mol. The molecule has 1 aromatic carbocycles. The van der Waals surface area contributed by atoms with Gasteiger partial charge in [-0.3, -0.25) is 0 Å². The summed E-state index contributed by atoms with van der Waals surface area (Å²) < 4.78 is 26.0. The first-order valence-electron chi connectivity index (χ1n) is 5.07. The summed E-state index contributed by atoms with van der Waals surface area (Å²) in [4.78, 5) is 0.282. The van der Waals surface area contributed by atoms with Crippen LogP contribution in [-0.2, 0) is 10.0 Å². The minimum Gasteiger partial charge on any atom is -0.395 e. The van der Waals surface area contributed by atoms with Gasteiger partial charge >= 0.3 is 0 Å². The molecular weight excluding hydrogens is 226 g/mol. The summed E-state index contributed by atoms with van der Waals surface area (Å²) in [7, 11) is -3.50. The second-order valence-electron chi connectivity index (χ2n) is 3.82. The second kappa shape index (κ2) is 4.95. The first-order chi connectivity index (χ1) is 7.38. The van der Waals surface area contributed by atoms with Crippen LogP contribution in [-0.4, -0.2) is 26.7 Å². The largest absolute Gasteiger partial charge is 0.395 e. The summed E-state index contributed by atoms with van der Waals surface area (Å²) in [6, 6.07) is 3.51. The monoisotopic (exact) mass is 243 g/mol. The van der Waals surface area contributed by atoms with Gasteiger partial charge in [0.15, 0.2) is 0 Å². The fraction of sp³-hybridized carbons (Fsp3) is 0.455. The van der Waals surface area contributed by atoms with Crippen molar-refractivity contribution in [3.63, 3.8) is 0 Å². The van der Waals surface area contributed by atoms with E-state index in [2.05, 4.69) is 4.72 Å². The van der Waals surface area contributed by atoms with E-state index in [1.165, 1.54) is 0 Å². The quantitative estimate of drug-likeness (QED) is 0.825. The Morgan fingerprint density at radius 3 is 2.25 bits per heavy atom. The Balaban J connectivity index is 3.18. The van der Waals surface area contributed by atoms with Gasteiger partial charge in [0.05, 0.1) is 11.5 Å². The molecule has 0 aliphatic heterocycles. The van der Waals surface area contributed by atoms with Crippen LogP contribution in [0.5, 0.6) is 0 Å². The van der Waals surface area contributed by atoms with Crippen LogP contribution < -0.4 is 4.72 Å². The lowest BCUT2D eigenvalue weighted by atomic mass is 10.1. The molecule has 0 atom stereocenters. The molecule has 0 spiro atoms. The van der Waals surface area contributed by atoms with Gasteiger partial charge < -0.3 is 5.11 Å². The topological polar surface area (TPSA) is 66.4 Å². The molecule has 0 fully saturated rings. The van der Waals surface area contributed by atoms with Crippen molar-refractivity contribution >= 4 is 10.0 Å². The Labute approximate surface area is 96.4 Å². The lowest BCUT2D eigenvalue weighted by Gasteiger charge is -2.11. The molecule has 0 heterocycles. The van der Waals surface area contributed by atoms with Gasteiger partial charge in [-0.1, -0.05) is 6.07 Å². The molecule has 4 nitrogen and oxygen atoms in total. The van der Waals surface area contributed by atoms with Gasteiger partial charge in [0.2, 0.25) is 10.0 Å². The molecule has 1 rings (SSSR count). The van der Waals surface area contributed by atoms with Crippen LogP contribution in [0.3, 0.4) is 0 Å². The highest BCUT2D eigenvalue weighted by atomic mass is 32.2. The Morgan fingerprint density at radius 1 is 1.12 bits per heavy atom. The number of sulfonamides is 1. The molecule has 16 heavy (non-hydrogen) atoms. The number of aryl methyl sites for hydroxylation is 3. The van der Waals surface area contributed by atoms with E-state index in [9.17, 15) is 8.42 Å². The van der Waals surface area contributed by atoms with E-state index < -0.39 is 10.0 Å². The highest BCUT2D eigenvalue weighted by molar-refractivity contribution is 7.89.